The van der Waals surface area contributed by atoms with Crippen molar-refractivity contribution in [1.29, 1.82) is 0 Å². The predicted octanol–water partition coefficient (Wildman–Crippen LogP) is 3.75. The Morgan fingerprint density at radius 2 is 1.72 bits per heavy atom. The van der Waals surface area contributed by atoms with E-state index in [-0.39, 0.29) is 12.0 Å². The highest BCUT2D eigenvalue weighted by Crippen LogP contribution is 2.29. The second-order valence-electron chi connectivity index (χ2n) is 7.76. The fourth-order valence-corrected chi connectivity index (χ4v) is 4.30. The highest BCUT2D eigenvalue weighted by Gasteiger charge is 2.28. The van der Waals surface area contributed by atoms with E-state index in [1.165, 1.54) is 5.56 Å². The minimum Gasteiger partial charge on any atom is -0.391 e. The highest BCUT2D eigenvalue weighted by atomic mass is 16.3. The Bertz CT molecular complexity index is 1090. The number of nitrogens with zero attached hydrogens (tertiary/aromatic N) is 4. The Labute approximate surface area is 170 Å². The molecule has 5 heteroatoms. The molecule has 0 aliphatic carbocycles. The minimum atomic E-state index is -0.350. The molecule has 2 aromatic heterocycles. The first-order chi connectivity index (χ1) is 14.3. The average Bonchev–Trinajstić information content (AvgIpc) is 3.18. The number of aliphatic hydroxyl groups is 1. The van der Waals surface area contributed by atoms with E-state index in [2.05, 4.69) is 39.2 Å². The van der Waals surface area contributed by atoms with Crippen molar-refractivity contribution in [1.82, 2.24) is 19.5 Å². The van der Waals surface area contributed by atoms with Crippen LogP contribution in [0, 0.1) is 0 Å². The summed E-state index contributed by atoms with van der Waals surface area (Å²) in [6, 6.07) is 20.5. The molecule has 1 N–H and O–H groups in total. The van der Waals surface area contributed by atoms with E-state index in [1.54, 1.807) is 0 Å². The SMILES string of the molecule is O[C@@H]1CN(Cc2cnc3c(-c4ccccc4)cnn3c2)CC[C@H]1c1ccccc1. The third-order valence-electron chi connectivity index (χ3n) is 5.79. The van der Waals surface area contributed by atoms with Gasteiger partial charge in [0.15, 0.2) is 5.65 Å². The standard InChI is InChI=1S/C24H24N4O/c29-23-17-27(12-11-21(23)19-7-3-1-4-8-19)15-18-13-25-24-22(14-26-28(24)16-18)20-9-5-2-6-10-20/h1-10,13-14,16,21,23,29H,11-12,15,17H2/t21-,23+/m0/s1. The maximum Gasteiger partial charge on any atom is 0.162 e. The smallest absolute Gasteiger partial charge is 0.162 e. The number of β-amino-alcohol motifs (C(OH)–C–C–N with tert-alkyl or cyclic N) is 1. The summed E-state index contributed by atoms with van der Waals surface area (Å²) < 4.78 is 1.85. The quantitative estimate of drug-likeness (QED) is 0.582. The number of piperidine rings is 1. The number of hydrogen-bond acceptors (Lipinski definition) is 4. The third-order valence-corrected chi connectivity index (χ3v) is 5.79. The summed E-state index contributed by atoms with van der Waals surface area (Å²) in [4.78, 5) is 6.98. The first-order valence-corrected chi connectivity index (χ1v) is 10.1. The van der Waals surface area contributed by atoms with Crippen LogP contribution in [0.4, 0.5) is 0 Å². The van der Waals surface area contributed by atoms with Gasteiger partial charge in [0.05, 0.1) is 12.3 Å². The summed E-state index contributed by atoms with van der Waals surface area (Å²) in [5.41, 5.74) is 5.35. The van der Waals surface area contributed by atoms with Crippen molar-refractivity contribution in [3.05, 3.63) is 90.4 Å². The Morgan fingerprint density at radius 1 is 0.966 bits per heavy atom. The van der Waals surface area contributed by atoms with Crippen molar-refractivity contribution in [2.75, 3.05) is 13.1 Å². The molecule has 5 nitrogen and oxygen atoms in total. The zero-order valence-corrected chi connectivity index (χ0v) is 16.2. The molecule has 5 rings (SSSR count). The number of likely N-dealkylation sites (tertiary alicyclic amines) is 1. The van der Waals surface area contributed by atoms with Crippen LogP contribution in [0.15, 0.2) is 79.3 Å². The van der Waals surface area contributed by atoms with E-state index in [0.29, 0.717) is 6.54 Å². The first kappa shape index (κ1) is 18.0. The van der Waals surface area contributed by atoms with Gasteiger partial charge in [-0.3, -0.25) is 4.90 Å². The fraction of sp³-hybridized carbons (Fsp3) is 0.250. The second-order valence-corrected chi connectivity index (χ2v) is 7.76. The molecule has 0 unspecified atom stereocenters. The molecular formula is C24H24N4O. The van der Waals surface area contributed by atoms with Gasteiger partial charge in [-0.25, -0.2) is 9.50 Å². The van der Waals surface area contributed by atoms with Gasteiger partial charge in [0, 0.05) is 42.5 Å². The molecule has 0 bridgehead atoms. The van der Waals surface area contributed by atoms with Crippen LogP contribution in [0.2, 0.25) is 0 Å². The number of hydrogen-bond donors (Lipinski definition) is 1. The van der Waals surface area contributed by atoms with Gasteiger partial charge in [-0.05, 0) is 24.1 Å². The molecule has 1 saturated heterocycles. The summed E-state index contributed by atoms with van der Waals surface area (Å²) >= 11 is 0. The molecule has 1 aliphatic rings. The molecule has 0 spiro atoms. The molecular weight excluding hydrogens is 360 g/mol. The zero-order chi connectivity index (χ0) is 19.6. The molecule has 0 saturated carbocycles. The van der Waals surface area contributed by atoms with Crippen LogP contribution in [0.1, 0.15) is 23.5 Å². The molecule has 1 aliphatic heterocycles. The third kappa shape index (κ3) is 3.67. The van der Waals surface area contributed by atoms with E-state index in [0.717, 1.165) is 41.8 Å². The predicted molar refractivity (Wildman–Crippen MR) is 114 cm³/mol. The van der Waals surface area contributed by atoms with Gasteiger partial charge in [-0.15, -0.1) is 0 Å². The summed E-state index contributed by atoms with van der Waals surface area (Å²) in [5.74, 6) is 0.215. The Balaban J connectivity index is 1.30. The van der Waals surface area contributed by atoms with Crippen LogP contribution < -0.4 is 0 Å². The number of rotatable bonds is 4. The van der Waals surface area contributed by atoms with Gasteiger partial charge < -0.3 is 5.11 Å². The molecule has 1 fully saturated rings. The van der Waals surface area contributed by atoms with Crippen LogP contribution in [-0.4, -0.2) is 43.8 Å². The van der Waals surface area contributed by atoms with Gasteiger partial charge in [-0.1, -0.05) is 60.7 Å². The Hall–Kier alpha value is -3.02. The van der Waals surface area contributed by atoms with Crippen LogP contribution in [0.25, 0.3) is 16.8 Å². The summed E-state index contributed by atoms with van der Waals surface area (Å²) in [7, 11) is 0. The van der Waals surface area contributed by atoms with E-state index in [1.807, 2.05) is 59.5 Å². The van der Waals surface area contributed by atoms with Gasteiger partial charge in [0.25, 0.3) is 0 Å². The molecule has 4 aromatic rings. The lowest BCUT2D eigenvalue weighted by atomic mass is 9.87. The van der Waals surface area contributed by atoms with Crippen molar-refractivity contribution < 1.29 is 5.11 Å². The van der Waals surface area contributed by atoms with Crippen molar-refractivity contribution in [2.45, 2.75) is 25.0 Å². The normalized spacial score (nSPS) is 20.2. The Morgan fingerprint density at radius 3 is 2.48 bits per heavy atom. The average molecular weight is 384 g/mol. The van der Waals surface area contributed by atoms with Crippen molar-refractivity contribution in [3.63, 3.8) is 0 Å². The highest BCUT2D eigenvalue weighted by molar-refractivity contribution is 5.76. The fourth-order valence-electron chi connectivity index (χ4n) is 4.30. The molecule has 29 heavy (non-hydrogen) atoms. The zero-order valence-electron chi connectivity index (χ0n) is 16.2. The van der Waals surface area contributed by atoms with Gasteiger partial charge >= 0.3 is 0 Å². The molecule has 146 valence electrons. The lowest BCUT2D eigenvalue weighted by Crippen LogP contribution is -2.42. The largest absolute Gasteiger partial charge is 0.391 e. The lowest BCUT2D eigenvalue weighted by molar-refractivity contribution is 0.0476. The molecule has 2 aromatic carbocycles. The van der Waals surface area contributed by atoms with Crippen LogP contribution in [0.3, 0.4) is 0 Å². The van der Waals surface area contributed by atoms with Gasteiger partial charge in [0.1, 0.15) is 0 Å². The van der Waals surface area contributed by atoms with E-state index >= 15 is 0 Å². The summed E-state index contributed by atoms with van der Waals surface area (Å²) in [6.07, 6.45) is 6.46. The number of fused-ring (bicyclic) bond motifs is 1. The topological polar surface area (TPSA) is 53.7 Å². The van der Waals surface area contributed by atoms with Gasteiger partial charge in [0.2, 0.25) is 0 Å². The second kappa shape index (κ2) is 7.78. The first-order valence-electron chi connectivity index (χ1n) is 10.1. The maximum atomic E-state index is 10.7. The molecule has 3 heterocycles. The van der Waals surface area contributed by atoms with E-state index < -0.39 is 0 Å². The van der Waals surface area contributed by atoms with E-state index in [9.17, 15) is 5.11 Å². The molecule has 0 radical (unpaired) electrons. The van der Waals surface area contributed by atoms with Crippen LogP contribution >= 0.6 is 0 Å². The Kier molecular flexibility index (Phi) is 4.84. The number of benzene rings is 2. The van der Waals surface area contributed by atoms with Crippen molar-refractivity contribution >= 4 is 5.65 Å². The van der Waals surface area contributed by atoms with Crippen molar-refractivity contribution in [3.8, 4) is 11.1 Å². The minimum absolute atomic E-state index is 0.215. The summed E-state index contributed by atoms with van der Waals surface area (Å²) in [6.45, 7) is 2.40. The van der Waals surface area contributed by atoms with Crippen molar-refractivity contribution in [2.24, 2.45) is 0 Å². The number of aromatic nitrogens is 3. The summed E-state index contributed by atoms with van der Waals surface area (Å²) in [5, 5.41) is 15.2. The molecule has 2 atom stereocenters. The molecule has 0 amide bonds. The van der Waals surface area contributed by atoms with Crippen LogP contribution in [0.5, 0.6) is 0 Å². The van der Waals surface area contributed by atoms with Gasteiger partial charge in [-0.2, -0.15) is 5.10 Å². The van der Waals surface area contributed by atoms with Crippen LogP contribution in [-0.2, 0) is 6.54 Å². The van der Waals surface area contributed by atoms with E-state index in [4.69, 9.17) is 0 Å². The number of aliphatic hydroxyl groups excluding tert-OH is 1. The lowest BCUT2D eigenvalue weighted by Gasteiger charge is -2.36. The maximum absolute atomic E-state index is 10.7. The monoisotopic (exact) mass is 384 g/mol.